The van der Waals surface area contributed by atoms with E-state index in [0.29, 0.717) is 5.92 Å². The Labute approximate surface area is 269 Å². The van der Waals surface area contributed by atoms with Gasteiger partial charge in [-0.15, -0.1) is 0 Å². The van der Waals surface area contributed by atoms with Crippen molar-refractivity contribution in [2.75, 3.05) is 13.7 Å². The van der Waals surface area contributed by atoms with E-state index in [9.17, 15) is 25.5 Å². The van der Waals surface area contributed by atoms with E-state index in [2.05, 4.69) is 52.8 Å². The molecule has 2 aliphatic heterocycles. The number of hydrogen-bond donors (Lipinski definition) is 5. The Kier molecular flexibility index (Phi) is 8.57. The normalized spacial score (nSPS) is 52.8. The quantitative estimate of drug-likeness (QED) is 0.266. The third-order valence-electron chi connectivity index (χ3n) is 14.5. The topological polar surface area (TPSA) is 138 Å². The number of hydrogen-bond acceptors (Lipinski definition) is 9. The summed E-state index contributed by atoms with van der Waals surface area (Å²) in [5.41, 5.74) is -0.125. The van der Waals surface area contributed by atoms with Crippen molar-refractivity contribution in [2.45, 2.75) is 142 Å². The number of methoxy groups -OCH3 is 1. The van der Waals surface area contributed by atoms with Crippen LogP contribution in [0.25, 0.3) is 0 Å². The molecule has 256 valence electrons. The summed E-state index contributed by atoms with van der Waals surface area (Å²) >= 11 is 0. The van der Waals surface area contributed by atoms with Crippen molar-refractivity contribution in [2.24, 2.45) is 45.3 Å². The van der Waals surface area contributed by atoms with Gasteiger partial charge in [0.1, 0.15) is 30.0 Å². The lowest BCUT2D eigenvalue weighted by atomic mass is 9.38. The van der Waals surface area contributed by atoms with Gasteiger partial charge in [-0.3, -0.25) is 0 Å². The SMILES string of the molecule is COC1OC23C=CC4C1(CCC1(C)C(C(C)C(C=C(C)C)OC5OC(CO)C(O)C(O)C5O)CCC41C)C2CCC(O)C3(C)C. The average Bonchev–Trinajstić information content (AvgIpc) is 3.37. The monoisotopic (exact) mass is 634 g/mol. The molecule has 2 heterocycles. The summed E-state index contributed by atoms with van der Waals surface area (Å²) in [6.45, 7) is 15.0. The van der Waals surface area contributed by atoms with Crippen molar-refractivity contribution in [3.8, 4) is 0 Å². The third-order valence-corrected chi connectivity index (χ3v) is 14.5. The lowest BCUT2D eigenvalue weighted by Crippen LogP contribution is -2.65. The van der Waals surface area contributed by atoms with Crippen molar-refractivity contribution >= 4 is 0 Å². The van der Waals surface area contributed by atoms with E-state index < -0.39 is 60.5 Å². The second-order valence-electron chi connectivity index (χ2n) is 16.7. The lowest BCUT2D eigenvalue weighted by molar-refractivity contribution is -0.312. The summed E-state index contributed by atoms with van der Waals surface area (Å²) in [7, 11) is 1.78. The molecular formula is C36H58O9. The van der Waals surface area contributed by atoms with Crippen molar-refractivity contribution in [3.05, 3.63) is 23.8 Å². The van der Waals surface area contributed by atoms with Crippen LogP contribution < -0.4 is 0 Å². The van der Waals surface area contributed by atoms with Crippen LogP contribution in [0.3, 0.4) is 0 Å². The van der Waals surface area contributed by atoms with Gasteiger partial charge in [0, 0.05) is 23.9 Å². The van der Waals surface area contributed by atoms with Gasteiger partial charge in [-0.05, 0) is 81.0 Å². The first-order valence-corrected chi connectivity index (χ1v) is 17.2. The molecule has 4 aliphatic carbocycles. The number of ether oxygens (including phenoxy) is 4. The first kappa shape index (κ1) is 34.0. The fourth-order valence-corrected chi connectivity index (χ4v) is 11.6. The molecule has 1 spiro atoms. The van der Waals surface area contributed by atoms with Gasteiger partial charge < -0.3 is 44.5 Å². The van der Waals surface area contributed by atoms with Crippen molar-refractivity contribution in [3.63, 3.8) is 0 Å². The van der Waals surface area contributed by atoms with E-state index >= 15 is 0 Å². The van der Waals surface area contributed by atoms with Crippen LogP contribution in [0, 0.1) is 45.3 Å². The largest absolute Gasteiger partial charge is 0.394 e. The van der Waals surface area contributed by atoms with Crippen LogP contribution in [0.5, 0.6) is 0 Å². The molecule has 2 saturated heterocycles. The van der Waals surface area contributed by atoms with E-state index in [-0.39, 0.29) is 40.3 Å². The number of rotatable bonds is 7. The van der Waals surface area contributed by atoms with Crippen LogP contribution in [0.15, 0.2) is 23.8 Å². The minimum atomic E-state index is -1.48. The smallest absolute Gasteiger partial charge is 0.187 e. The Hall–Kier alpha value is -0.880. The molecule has 0 aromatic carbocycles. The van der Waals surface area contributed by atoms with Gasteiger partial charge in [0.05, 0.1) is 18.8 Å². The lowest BCUT2D eigenvalue weighted by Gasteiger charge is -2.65. The highest BCUT2D eigenvalue weighted by atomic mass is 16.7. The van der Waals surface area contributed by atoms with Crippen LogP contribution in [0.4, 0.5) is 0 Å². The molecule has 0 aromatic rings. The Morgan fingerprint density at radius 1 is 0.956 bits per heavy atom. The summed E-state index contributed by atoms with van der Waals surface area (Å²) < 4.78 is 25.5. The first-order chi connectivity index (χ1) is 21.1. The van der Waals surface area contributed by atoms with Gasteiger partial charge >= 0.3 is 0 Å². The molecule has 6 rings (SSSR count). The Balaban J connectivity index is 1.33. The zero-order valence-electron chi connectivity index (χ0n) is 28.5. The highest BCUT2D eigenvalue weighted by Crippen LogP contribution is 2.79. The minimum Gasteiger partial charge on any atom is -0.394 e. The molecule has 16 atom stereocenters. The zero-order valence-corrected chi connectivity index (χ0v) is 28.5. The van der Waals surface area contributed by atoms with Gasteiger partial charge in [-0.25, -0.2) is 0 Å². The predicted octanol–water partition coefficient (Wildman–Crippen LogP) is 3.70. The van der Waals surface area contributed by atoms with E-state index in [1.807, 2.05) is 13.8 Å². The van der Waals surface area contributed by atoms with E-state index in [1.165, 1.54) is 0 Å². The number of fused-ring (bicyclic) bond motifs is 2. The van der Waals surface area contributed by atoms with E-state index in [4.69, 9.17) is 18.9 Å². The first-order valence-electron chi connectivity index (χ1n) is 17.2. The maximum Gasteiger partial charge on any atom is 0.187 e. The molecular weight excluding hydrogens is 576 g/mol. The van der Waals surface area contributed by atoms with Gasteiger partial charge in [0.2, 0.25) is 0 Å². The van der Waals surface area contributed by atoms with Gasteiger partial charge in [0.25, 0.3) is 0 Å². The minimum absolute atomic E-state index is 0.0241. The molecule has 6 aliphatic rings. The number of allylic oxidation sites excluding steroid dienone is 2. The molecule has 9 heteroatoms. The second-order valence-corrected chi connectivity index (χ2v) is 16.7. The van der Waals surface area contributed by atoms with Crippen molar-refractivity contribution < 1.29 is 44.5 Å². The maximum absolute atomic E-state index is 11.2. The molecule has 2 bridgehead atoms. The fraction of sp³-hybridized carbons (Fsp3) is 0.889. The van der Waals surface area contributed by atoms with Crippen LogP contribution >= 0.6 is 0 Å². The van der Waals surface area contributed by atoms with Crippen LogP contribution in [-0.4, -0.2) is 94.1 Å². The summed E-state index contributed by atoms with van der Waals surface area (Å²) in [6, 6.07) is 0. The number of aliphatic hydroxyl groups excluding tert-OH is 5. The predicted molar refractivity (Wildman–Crippen MR) is 168 cm³/mol. The Bertz CT molecular complexity index is 1180. The van der Waals surface area contributed by atoms with E-state index in [1.54, 1.807) is 7.11 Å². The summed E-state index contributed by atoms with van der Waals surface area (Å²) in [6.07, 6.45) is 4.87. The Morgan fingerprint density at radius 3 is 2.31 bits per heavy atom. The second kappa shape index (κ2) is 11.3. The highest BCUT2D eigenvalue weighted by molar-refractivity contribution is 5.34. The molecule has 0 radical (unpaired) electrons. The molecule has 5 N–H and O–H groups in total. The average molecular weight is 635 g/mol. The summed E-state index contributed by atoms with van der Waals surface area (Å²) in [4.78, 5) is 0. The maximum atomic E-state index is 11.2. The molecule has 3 saturated carbocycles. The van der Waals surface area contributed by atoms with Crippen LogP contribution in [-0.2, 0) is 18.9 Å². The van der Waals surface area contributed by atoms with Crippen molar-refractivity contribution in [1.82, 2.24) is 0 Å². The van der Waals surface area contributed by atoms with Crippen LogP contribution in [0.1, 0.15) is 87.0 Å². The molecule has 9 nitrogen and oxygen atoms in total. The molecule has 45 heavy (non-hydrogen) atoms. The molecule has 0 amide bonds. The van der Waals surface area contributed by atoms with E-state index in [0.717, 1.165) is 44.1 Å². The van der Waals surface area contributed by atoms with Crippen molar-refractivity contribution in [1.29, 1.82) is 0 Å². The number of aliphatic hydroxyl groups is 5. The highest BCUT2D eigenvalue weighted by Gasteiger charge is 2.78. The van der Waals surface area contributed by atoms with Crippen LogP contribution in [0.2, 0.25) is 0 Å². The summed E-state index contributed by atoms with van der Waals surface area (Å²) in [5.74, 6) is 0.889. The Morgan fingerprint density at radius 2 is 1.67 bits per heavy atom. The molecule has 5 fully saturated rings. The molecule has 0 aromatic heterocycles. The standard InChI is InChI=1S/C36H58O9/c1-19(2)17-22(43-30-29(41)28(40)27(39)23(18-37)44-30)20(3)21-11-13-34(7)24-12-14-36-25(9-10-26(38)32(36,4)5)35(24,31(42-8)45-36)16-15-33(21,34)6/h12,14,17,20-31,37-41H,9-11,13,15-16,18H2,1-8H3. The molecule has 16 unspecified atom stereocenters. The fourth-order valence-electron chi connectivity index (χ4n) is 11.6. The third kappa shape index (κ3) is 4.44. The van der Waals surface area contributed by atoms with Gasteiger partial charge in [-0.1, -0.05) is 58.4 Å². The van der Waals surface area contributed by atoms with Gasteiger partial charge in [0.15, 0.2) is 12.6 Å². The summed E-state index contributed by atoms with van der Waals surface area (Å²) in [5, 5.41) is 52.5. The van der Waals surface area contributed by atoms with Gasteiger partial charge in [-0.2, -0.15) is 0 Å². The zero-order chi connectivity index (χ0) is 32.9.